The molecule has 0 spiro atoms. The zero-order valence-corrected chi connectivity index (χ0v) is 11.9. The third kappa shape index (κ3) is 2.41. The number of carbonyl (C=O) groups is 2. The number of nitrogens with zero attached hydrogens (tertiary/aromatic N) is 1. The van der Waals surface area contributed by atoms with Crippen LogP contribution in [0.3, 0.4) is 0 Å². The number of primary amides is 1. The third-order valence-electron chi connectivity index (χ3n) is 3.90. The molecule has 1 aliphatic rings. The first-order valence-electron chi connectivity index (χ1n) is 7.04. The van der Waals surface area contributed by atoms with Crippen molar-refractivity contribution in [2.24, 2.45) is 5.73 Å². The van der Waals surface area contributed by atoms with Gasteiger partial charge in [-0.1, -0.05) is 36.4 Å². The van der Waals surface area contributed by atoms with Crippen molar-refractivity contribution in [1.82, 2.24) is 0 Å². The Kier molecular flexibility index (Phi) is 3.78. The Morgan fingerprint density at radius 1 is 1.18 bits per heavy atom. The smallest absolute Gasteiger partial charge is 0.323 e. The summed E-state index contributed by atoms with van der Waals surface area (Å²) in [6.07, 6.45) is 0.671. The lowest BCUT2D eigenvalue weighted by molar-refractivity contribution is -0.129. The van der Waals surface area contributed by atoms with Crippen molar-refractivity contribution in [3.63, 3.8) is 0 Å². The summed E-state index contributed by atoms with van der Waals surface area (Å²) >= 11 is 0. The molecule has 3 rings (SSSR count). The van der Waals surface area contributed by atoms with Gasteiger partial charge in [-0.05, 0) is 29.7 Å². The summed E-state index contributed by atoms with van der Waals surface area (Å²) in [6, 6.07) is 14.7. The van der Waals surface area contributed by atoms with E-state index in [1.54, 1.807) is 0 Å². The van der Waals surface area contributed by atoms with E-state index in [-0.39, 0.29) is 12.5 Å². The second-order valence-corrected chi connectivity index (χ2v) is 5.19. The second kappa shape index (κ2) is 5.89. The molecule has 2 aromatic rings. The van der Waals surface area contributed by atoms with E-state index in [1.165, 1.54) is 4.90 Å². The molecule has 0 fully saturated rings. The van der Waals surface area contributed by atoms with Gasteiger partial charge in [-0.25, -0.2) is 4.79 Å². The van der Waals surface area contributed by atoms with Crippen LogP contribution in [0.5, 0.6) is 0 Å². The number of hydrogen-bond acceptors (Lipinski definition) is 3. The largest absolute Gasteiger partial charge is 0.467 e. The van der Waals surface area contributed by atoms with Gasteiger partial charge in [0, 0.05) is 5.92 Å². The maximum absolute atomic E-state index is 12.0. The van der Waals surface area contributed by atoms with Crippen LogP contribution in [0.4, 0.5) is 16.2 Å². The maximum Gasteiger partial charge on any atom is 0.323 e. The topological polar surface area (TPSA) is 72.6 Å². The lowest BCUT2D eigenvalue weighted by Gasteiger charge is -2.23. The highest BCUT2D eigenvalue weighted by atomic mass is 16.5. The highest BCUT2D eigenvalue weighted by Crippen LogP contribution is 2.40. The Labute approximate surface area is 128 Å². The van der Waals surface area contributed by atoms with E-state index < -0.39 is 6.03 Å². The molecule has 22 heavy (non-hydrogen) atoms. The highest BCUT2D eigenvalue weighted by molar-refractivity contribution is 6.00. The number of hydrogen-bond donors (Lipinski definition) is 1. The van der Waals surface area contributed by atoms with Gasteiger partial charge in [0.05, 0.1) is 18.0 Å². The molecule has 0 aromatic heterocycles. The maximum atomic E-state index is 12.0. The van der Waals surface area contributed by atoms with Crippen molar-refractivity contribution in [1.29, 1.82) is 0 Å². The standard InChI is InChI=1S/C17H16N2O3/c18-17(21)19-15-7-3-1-5-12(15)9-13(10-22-11-20)14-6-2-4-8-16(14)19/h1-8,11,13H,9-10H2,(H2,18,21)/t13-/m1/s1. The third-order valence-corrected chi connectivity index (χ3v) is 3.90. The predicted molar refractivity (Wildman–Crippen MR) is 83.1 cm³/mol. The van der Waals surface area contributed by atoms with Crippen LogP contribution in [-0.4, -0.2) is 19.1 Å². The molecule has 1 heterocycles. The lowest BCUT2D eigenvalue weighted by Crippen LogP contribution is -2.32. The molecule has 0 bridgehead atoms. The molecule has 0 radical (unpaired) electrons. The molecule has 0 aliphatic carbocycles. The van der Waals surface area contributed by atoms with Crippen molar-refractivity contribution in [2.45, 2.75) is 12.3 Å². The quantitative estimate of drug-likeness (QED) is 0.885. The number of carbonyl (C=O) groups excluding carboxylic acids is 2. The Bertz CT molecular complexity index is 715. The van der Waals surface area contributed by atoms with Crippen molar-refractivity contribution in [3.8, 4) is 0 Å². The van der Waals surface area contributed by atoms with Crippen LogP contribution in [-0.2, 0) is 16.0 Å². The minimum Gasteiger partial charge on any atom is -0.467 e. The fraction of sp³-hybridized carbons (Fsp3) is 0.176. The van der Waals surface area contributed by atoms with Crippen LogP contribution in [0.1, 0.15) is 17.0 Å². The average Bonchev–Trinajstić information content (AvgIpc) is 2.67. The van der Waals surface area contributed by atoms with E-state index in [1.807, 2.05) is 48.5 Å². The van der Waals surface area contributed by atoms with Gasteiger partial charge in [0.15, 0.2) is 0 Å². The number of fused-ring (bicyclic) bond motifs is 2. The normalized spacial score (nSPS) is 16.2. The molecular formula is C17H16N2O3. The zero-order valence-electron chi connectivity index (χ0n) is 11.9. The summed E-state index contributed by atoms with van der Waals surface area (Å²) in [4.78, 5) is 24.1. The summed E-state index contributed by atoms with van der Waals surface area (Å²) in [5, 5.41) is 0. The van der Waals surface area contributed by atoms with Crippen molar-refractivity contribution >= 4 is 23.9 Å². The number of urea groups is 1. The Morgan fingerprint density at radius 2 is 1.86 bits per heavy atom. The van der Waals surface area contributed by atoms with Crippen LogP contribution in [0, 0.1) is 0 Å². The number of amides is 2. The molecule has 5 nitrogen and oxygen atoms in total. The molecule has 112 valence electrons. The van der Waals surface area contributed by atoms with E-state index in [4.69, 9.17) is 10.5 Å². The minimum absolute atomic E-state index is 0.0214. The monoisotopic (exact) mass is 296 g/mol. The molecule has 0 saturated carbocycles. The number of para-hydroxylation sites is 2. The van der Waals surface area contributed by atoms with Gasteiger partial charge >= 0.3 is 6.03 Å². The number of rotatable bonds is 3. The molecule has 5 heteroatoms. The number of ether oxygens (including phenoxy) is 1. The van der Waals surface area contributed by atoms with Crippen LogP contribution >= 0.6 is 0 Å². The molecule has 1 atom stereocenters. The van der Waals surface area contributed by atoms with Crippen LogP contribution in [0.2, 0.25) is 0 Å². The fourth-order valence-corrected chi connectivity index (χ4v) is 2.98. The first kappa shape index (κ1) is 14.1. The van der Waals surface area contributed by atoms with Crippen LogP contribution in [0.15, 0.2) is 48.5 Å². The highest BCUT2D eigenvalue weighted by Gasteiger charge is 2.29. The van der Waals surface area contributed by atoms with Gasteiger partial charge in [0.25, 0.3) is 6.47 Å². The molecule has 2 aromatic carbocycles. The molecule has 2 amide bonds. The average molecular weight is 296 g/mol. The lowest BCUT2D eigenvalue weighted by atomic mass is 9.92. The summed E-state index contributed by atoms with van der Waals surface area (Å²) in [7, 11) is 0. The first-order valence-corrected chi connectivity index (χ1v) is 7.04. The number of benzene rings is 2. The van der Waals surface area contributed by atoms with E-state index in [9.17, 15) is 9.59 Å². The molecule has 2 N–H and O–H groups in total. The molecule has 0 unspecified atom stereocenters. The van der Waals surface area contributed by atoms with Crippen LogP contribution in [0.25, 0.3) is 0 Å². The number of nitrogens with two attached hydrogens (primary N) is 1. The minimum atomic E-state index is -0.531. The van der Waals surface area contributed by atoms with Gasteiger partial charge in [-0.2, -0.15) is 0 Å². The van der Waals surface area contributed by atoms with Gasteiger partial charge in [-0.15, -0.1) is 0 Å². The Morgan fingerprint density at radius 3 is 2.59 bits per heavy atom. The van der Waals surface area contributed by atoms with E-state index in [0.29, 0.717) is 12.9 Å². The Balaban J connectivity index is 2.18. The molecule has 0 saturated heterocycles. The van der Waals surface area contributed by atoms with E-state index in [2.05, 4.69) is 0 Å². The van der Waals surface area contributed by atoms with Gasteiger partial charge in [0.1, 0.15) is 0 Å². The van der Waals surface area contributed by atoms with Gasteiger partial charge in [-0.3, -0.25) is 9.69 Å². The van der Waals surface area contributed by atoms with Crippen molar-refractivity contribution in [3.05, 3.63) is 59.7 Å². The predicted octanol–water partition coefficient (Wildman–Crippen LogP) is 2.72. The summed E-state index contributed by atoms with van der Waals surface area (Å²) < 4.78 is 4.98. The van der Waals surface area contributed by atoms with Gasteiger partial charge < -0.3 is 10.5 Å². The fourth-order valence-electron chi connectivity index (χ4n) is 2.98. The van der Waals surface area contributed by atoms with E-state index >= 15 is 0 Å². The van der Waals surface area contributed by atoms with E-state index in [0.717, 1.165) is 22.5 Å². The second-order valence-electron chi connectivity index (χ2n) is 5.19. The van der Waals surface area contributed by atoms with Crippen molar-refractivity contribution in [2.75, 3.05) is 11.5 Å². The van der Waals surface area contributed by atoms with Crippen LogP contribution < -0.4 is 10.6 Å². The molecular weight excluding hydrogens is 280 g/mol. The first-order chi connectivity index (χ1) is 10.7. The Hall–Kier alpha value is -2.82. The zero-order chi connectivity index (χ0) is 15.5. The SMILES string of the molecule is NC(=O)N1c2ccccc2C[C@H](COC=O)c2ccccc21. The summed E-state index contributed by atoms with van der Waals surface area (Å²) in [5.41, 5.74) is 9.06. The van der Waals surface area contributed by atoms with Gasteiger partial charge in [0.2, 0.25) is 0 Å². The number of anilines is 2. The summed E-state index contributed by atoms with van der Waals surface area (Å²) in [6.45, 7) is 0.715. The van der Waals surface area contributed by atoms with Crippen molar-refractivity contribution < 1.29 is 14.3 Å². The summed E-state index contributed by atoms with van der Waals surface area (Å²) in [5.74, 6) is -0.0214. The molecule has 1 aliphatic heterocycles.